The lowest BCUT2D eigenvalue weighted by Crippen LogP contribution is -2.33. The minimum absolute atomic E-state index is 0.532. The molecular weight excluding hydrogens is 272 g/mol. The van der Waals surface area contributed by atoms with E-state index in [9.17, 15) is 4.79 Å². The highest BCUT2D eigenvalue weighted by Gasteiger charge is 2.23. The zero-order valence-electron chi connectivity index (χ0n) is 9.58. The first-order valence-corrected chi connectivity index (χ1v) is 5.70. The lowest BCUT2D eigenvalue weighted by molar-refractivity contribution is 0.0453. The minimum atomic E-state index is -0.765. The van der Waals surface area contributed by atoms with E-state index in [2.05, 4.69) is 20.9 Å². The van der Waals surface area contributed by atoms with Crippen LogP contribution in [-0.2, 0) is 11.2 Å². The predicted octanol–water partition coefficient (Wildman–Crippen LogP) is 2.57. The van der Waals surface area contributed by atoms with Gasteiger partial charge in [-0.2, -0.15) is 0 Å². The summed E-state index contributed by atoms with van der Waals surface area (Å²) in [5.74, 6) is 0. The van der Waals surface area contributed by atoms with E-state index in [1.807, 2.05) is 19.1 Å². The zero-order chi connectivity index (χ0) is 12.3. The third kappa shape index (κ3) is 3.81. The summed E-state index contributed by atoms with van der Waals surface area (Å²) in [6.07, 6.45) is -0.233. The second-order valence-corrected chi connectivity index (χ2v) is 5.08. The maximum Gasteiger partial charge on any atom is 0.405 e. The van der Waals surface area contributed by atoms with Gasteiger partial charge in [0.05, 0.1) is 5.69 Å². The van der Waals surface area contributed by atoms with Gasteiger partial charge in [0.1, 0.15) is 5.60 Å². The van der Waals surface area contributed by atoms with Gasteiger partial charge in [-0.15, -0.1) is 0 Å². The fourth-order valence-corrected chi connectivity index (χ4v) is 1.66. The predicted molar refractivity (Wildman–Crippen MR) is 65.1 cm³/mol. The highest BCUT2D eigenvalue weighted by Crippen LogP contribution is 2.19. The van der Waals surface area contributed by atoms with Crippen LogP contribution in [0.5, 0.6) is 0 Å². The van der Waals surface area contributed by atoms with Gasteiger partial charge < -0.3 is 10.5 Å². The van der Waals surface area contributed by atoms with Gasteiger partial charge in [-0.1, -0.05) is 0 Å². The van der Waals surface area contributed by atoms with Crippen LogP contribution in [0, 0.1) is 6.92 Å². The number of pyridine rings is 1. The van der Waals surface area contributed by atoms with Crippen molar-refractivity contribution < 1.29 is 9.53 Å². The molecule has 1 aromatic heterocycles. The molecule has 4 nitrogen and oxygen atoms in total. The molecule has 0 unspecified atom stereocenters. The smallest absolute Gasteiger partial charge is 0.405 e. The Morgan fingerprint density at radius 3 is 2.69 bits per heavy atom. The Bertz CT molecular complexity index is 405. The van der Waals surface area contributed by atoms with Gasteiger partial charge in [0, 0.05) is 16.6 Å². The van der Waals surface area contributed by atoms with E-state index in [-0.39, 0.29) is 0 Å². The molecule has 0 bridgehead atoms. The van der Waals surface area contributed by atoms with E-state index in [0.29, 0.717) is 6.42 Å². The van der Waals surface area contributed by atoms with Gasteiger partial charge in [-0.3, -0.25) is 4.98 Å². The van der Waals surface area contributed by atoms with E-state index in [4.69, 9.17) is 10.5 Å². The van der Waals surface area contributed by atoms with Crippen LogP contribution in [0.2, 0.25) is 0 Å². The number of ether oxygens (including phenoxy) is 1. The van der Waals surface area contributed by atoms with Crippen molar-refractivity contribution in [1.82, 2.24) is 4.98 Å². The molecule has 0 fully saturated rings. The van der Waals surface area contributed by atoms with Crippen LogP contribution in [0.25, 0.3) is 0 Å². The monoisotopic (exact) mass is 286 g/mol. The van der Waals surface area contributed by atoms with E-state index in [1.54, 1.807) is 13.8 Å². The highest BCUT2D eigenvalue weighted by atomic mass is 79.9. The second-order valence-electron chi connectivity index (χ2n) is 4.23. The van der Waals surface area contributed by atoms with Gasteiger partial charge >= 0.3 is 6.09 Å². The van der Waals surface area contributed by atoms with Crippen LogP contribution in [0.15, 0.2) is 16.6 Å². The third-order valence-electron chi connectivity index (χ3n) is 2.06. The molecule has 0 aliphatic heterocycles. The number of halogens is 1. The zero-order valence-corrected chi connectivity index (χ0v) is 11.2. The highest BCUT2D eigenvalue weighted by molar-refractivity contribution is 9.10. The van der Waals surface area contributed by atoms with E-state index in [1.165, 1.54) is 0 Å². The first-order chi connectivity index (χ1) is 7.30. The topological polar surface area (TPSA) is 65.2 Å². The molecule has 0 saturated carbocycles. The standard InChI is InChI=1S/C11H15BrN2O2/c1-7-9(12)5-4-8(14-7)6-11(2,3)16-10(13)15/h4-5H,6H2,1-3H3,(H2,13,15). The molecule has 1 aromatic rings. The number of nitrogens with zero attached hydrogens (tertiary/aromatic N) is 1. The number of primary amides is 1. The number of carbonyl (C=O) groups is 1. The Kier molecular flexibility index (Phi) is 3.91. The fourth-order valence-electron chi connectivity index (χ4n) is 1.44. The molecule has 0 atom stereocenters. The van der Waals surface area contributed by atoms with Crippen LogP contribution in [-0.4, -0.2) is 16.7 Å². The van der Waals surface area contributed by atoms with Gasteiger partial charge in [-0.25, -0.2) is 4.79 Å². The normalized spacial score (nSPS) is 11.2. The van der Waals surface area contributed by atoms with E-state index >= 15 is 0 Å². The summed E-state index contributed by atoms with van der Waals surface area (Å²) in [5.41, 5.74) is 6.13. The minimum Gasteiger partial charge on any atom is -0.443 e. The molecule has 5 heteroatoms. The first kappa shape index (κ1) is 13.0. The van der Waals surface area contributed by atoms with Gasteiger partial charge in [-0.05, 0) is 48.8 Å². The molecule has 1 rings (SSSR count). The Hall–Kier alpha value is -1.10. The molecule has 88 valence electrons. The Morgan fingerprint density at radius 2 is 2.19 bits per heavy atom. The van der Waals surface area contributed by atoms with Crippen molar-refractivity contribution in [2.45, 2.75) is 32.8 Å². The lowest BCUT2D eigenvalue weighted by Gasteiger charge is -2.23. The number of rotatable bonds is 3. The van der Waals surface area contributed by atoms with Crippen LogP contribution in [0.4, 0.5) is 4.79 Å². The summed E-state index contributed by atoms with van der Waals surface area (Å²) in [6.45, 7) is 5.52. The molecule has 0 spiro atoms. The van der Waals surface area contributed by atoms with Crippen molar-refractivity contribution in [3.8, 4) is 0 Å². The number of carbonyl (C=O) groups excluding carboxylic acids is 1. The Labute approximate surface area is 103 Å². The number of hydrogen-bond acceptors (Lipinski definition) is 3. The quantitative estimate of drug-likeness (QED) is 0.929. The van der Waals surface area contributed by atoms with Crippen LogP contribution < -0.4 is 5.73 Å². The molecule has 0 aliphatic rings. The van der Waals surface area contributed by atoms with Crippen LogP contribution >= 0.6 is 15.9 Å². The molecule has 1 heterocycles. The number of nitrogens with two attached hydrogens (primary N) is 1. The summed E-state index contributed by atoms with van der Waals surface area (Å²) in [4.78, 5) is 15.1. The third-order valence-corrected chi connectivity index (χ3v) is 2.90. The average molecular weight is 287 g/mol. The molecule has 2 N–H and O–H groups in total. The summed E-state index contributed by atoms with van der Waals surface area (Å²) in [5, 5.41) is 0. The maximum absolute atomic E-state index is 10.7. The number of aromatic nitrogens is 1. The Morgan fingerprint density at radius 1 is 1.56 bits per heavy atom. The van der Waals surface area contributed by atoms with Crippen molar-refractivity contribution in [2.75, 3.05) is 0 Å². The molecule has 16 heavy (non-hydrogen) atoms. The molecule has 0 saturated heterocycles. The summed E-state index contributed by atoms with van der Waals surface area (Å²) < 4.78 is 5.96. The molecule has 0 aliphatic carbocycles. The fraction of sp³-hybridized carbons (Fsp3) is 0.455. The summed E-state index contributed by atoms with van der Waals surface area (Å²) >= 11 is 3.38. The van der Waals surface area contributed by atoms with E-state index < -0.39 is 11.7 Å². The number of hydrogen-bond donors (Lipinski definition) is 1. The van der Waals surface area contributed by atoms with Crippen molar-refractivity contribution >= 4 is 22.0 Å². The molecule has 0 aromatic carbocycles. The van der Waals surface area contributed by atoms with E-state index in [0.717, 1.165) is 15.9 Å². The number of aryl methyl sites for hydroxylation is 1. The Balaban J connectivity index is 2.79. The van der Waals surface area contributed by atoms with Crippen LogP contribution in [0.3, 0.4) is 0 Å². The van der Waals surface area contributed by atoms with Crippen LogP contribution in [0.1, 0.15) is 25.2 Å². The SMILES string of the molecule is Cc1nc(CC(C)(C)OC(N)=O)ccc1Br. The average Bonchev–Trinajstić information content (AvgIpc) is 2.08. The van der Waals surface area contributed by atoms with Gasteiger partial charge in [0.25, 0.3) is 0 Å². The second kappa shape index (κ2) is 4.82. The molecule has 0 radical (unpaired) electrons. The lowest BCUT2D eigenvalue weighted by atomic mass is 10.0. The van der Waals surface area contributed by atoms with Crippen molar-refractivity contribution in [3.63, 3.8) is 0 Å². The van der Waals surface area contributed by atoms with Crippen molar-refractivity contribution in [2.24, 2.45) is 5.73 Å². The largest absolute Gasteiger partial charge is 0.443 e. The molecule has 1 amide bonds. The van der Waals surface area contributed by atoms with Gasteiger partial charge in [0.2, 0.25) is 0 Å². The molecular formula is C11H15BrN2O2. The van der Waals surface area contributed by atoms with Crippen molar-refractivity contribution in [1.29, 1.82) is 0 Å². The van der Waals surface area contributed by atoms with Gasteiger partial charge in [0.15, 0.2) is 0 Å². The number of amides is 1. The summed E-state index contributed by atoms with van der Waals surface area (Å²) in [6, 6.07) is 3.82. The maximum atomic E-state index is 10.7. The first-order valence-electron chi connectivity index (χ1n) is 4.91. The summed E-state index contributed by atoms with van der Waals surface area (Å²) in [7, 11) is 0. The van der Waals surface area contributed by atoms with Crippen molar-refractivity contribution in [3.05, 3.63) is 28.0 Å².